The molecule has 1 aromatic heterocycles. The molecule has 2 atom stereocenters. The molecule has 4 aromatic rings. The number of benzene rings is 3. The van der Waals surface area contributed by atoms with E-state index in [1.807, 2.05) is 86.6 Å². The zero-order chi connectivity index (χ0) is 21.4. The molecule has 0 aliphatic carbocycles. The summed E-state index contributed by atoms with van der Waals surface area (Å²) in [5.74, 6) is 0.0866. The number of aromatic nitrogens is 4. The van der Waals surface area contributed by atoms with Crippen molar-refractivity contribution in [3.8, 4) is 0 Å². The van der Waals surface area contributed by atoms with E-state index in [0.29, 0.717) is 17.2 Å². The van der Waals surface area contributed by atoms with Crippen molar-refractivity contribution in [3.05, 3.63) is 95.2 Å². The Hall–Kier alpha value is -4.00. The molecule has 0 fully saturated rings. The van der Waals surface area contributed by atoms with Gasteiger partial charge >= 0.3 is 5.97 Å². The largest absolute Gasteiger partial charge is 0.454 e. The van der Waals surface area contributed by atoms with Crippen LogP contribution < -0.4 is 5.32 Å². The number of ether oxygens (including phenoxy) is 1. The topological polar surface area (TPSA) is 81.9 Å². The number of tetrazole rings is 1. The van der Waals surface area contributed by atoms with Crippen LogP contribution in [0.15, 0.2) is 84.1 Å². The Balaban J connectivity index is 1.60. The lowest BCUT2D eigenvalue weighted by atomic mass is 9.91. The number of allylic oxidation sites excluding steroid dienone is 1. The van der Waals surface area contributed by atoms with E-state index < -0.39 is 18.1 Å². The Morgan fingerprint density at radius 3 is 2.61 bits per heavy atom. The van der Waals surface area contributed by atoms with Crippen LogP contribution in [0, 0.1) is 0 Å². The first-order valence-corrected chi connectivity index (χ1v) is 10.1. The predicted molar refractivity (Wildman–Crippen MR) is 117 cm³/mol. The smallest absolute Gasteiger partial charge is 0.338 e. The fraction of sp³-hybridized carbons (Fsp3) is 0.167. The second-order valence-corrected chi connectivity index (χ2v) is 7.54. The monoisotopic (exact) mass is 411 g/mol. The summed E-state index contributed by atoms with van der Waals surface area (Å²) in [5, 5.41) is 17.3. The first-order valence-electron chi connectivity index (χ1n) is 10.1. The van der Waals surface area contributed by atoms with Crippen LogP contribution in [0.2, 0.25) is 0 Å². The Morgan fingerprint density at radius 1 is 1.03 bits per heavy atom. The standard InChI is InChI=1S/C24H21N5O2/c1-15-21(23(30)31-16(2)17-9-4-3-5-10-17)22(29-24(25-15)26-27-28-29)20-14-8-12-18-11-6-7-13-19(18)20/h3-14,16,22H,1-2H3,(H,25,26,28)/t16-,22?/m1/s1. The Bertz CT molecular complexity index is 1290. The summed E-state index contributed by atoms with van der Waals surface area (Å²) in [6, 6.07) is 23.3. The molecule has 3 aromatic carbocycles. The summed E-state index contributed by atoms with van der Waals surface area (Å²) >= 11 is 0. The van der Waals surface area contributed by atoms with Gasteiger partial charge in [0.2, 0.25) is 5.95 Å². The van der Waals surface area contributed by atoms with Gasteiger partial charge in [0, 0.05) is 5.70 Å². The lowest BCUT2D eigenvalue weighted by Crippen LogP contribution is -2.30. The van der Waals surface area contributed by atoms with Crippen molar-refractivity contribution in [3.63, 3.8) is 0 Å². The van der Waals surface area contributed by atoms with Crippen molar-refractivity contribution in [1.29, 1.82) is 0 Å². The van der Waals surface area contributed by atoms with Gasteiger partial charge in [-0.2, -0.15) is 4.68 Å². The lowest BCUT2D eigenvalue weighted by molar-refractivity contribution is -0.144. The van der Waals surface area contributed by atoms with Crippen LogP contribution in [0.25, 0.3) is 10.8 Å². The number of nitrogens with one attached hydrogen (secondary N) is 1. The van der Waals surface area contributed by atoms with Gasteiger partial charge in [-0.25, -0.2) is 4.79 Å². The van der Waals surface area contributed by atoms with Crippen molar-refractivity contribution in [2.45, 2.75) is 26.0 Å². The van der Waals surface area contributed by atoms with E-state index in [1.54, 1.807) is 4.68 Å². The summed E-state index contributed by atoms with van der Waals surface area (Å²) in [4.78, 5) is 13.4. The van der Waals surface area contributed by atoms with Gasteiger partial charge in [0.05, 0.1) is 5.57 Å². The molecule has 1 aliphatic heterocycles. The third-order valence-electron chi connectivity index (χ3n) is 5.60. The maximum Gasteiger partial charge on any atom is 0.338 e. The van der Waals surface area contributed by atoms with Gasteiger partial charge in [0.15, 0.2) is 0 Å². The molecular formula is C24H21N5O2. The second-order valence-electron chi connectivity index (χ2n) is 7.54. The Morgan fingerprint density at radius 2 is 1.77 bits per heavy atom. The molecule has 1 N–H and O–H groups in total. The minimum Gasteiger partial charge on any atom is -0.454 e. The maximum absolute atomic E-state index is 13.4. The van der Waals surface area contributed by atoms with Crippen molar-refractivity contribution in [2.75, 3.05) is 5.32 Å². The van der Waals surface area contributed by atoms with Crippen molar-refractivity contribution >= 4 is 22.7 Å². The highest BCUT2D eigenvalue weighted by Gasteiger charge is 2.36. The minimum absolute atomic E-state index is 0.391. The van der Waals surface area contributed by atoms with Gasteiger partial charge < -0.3 is 10.1 Å². The van der Waals surface area contributed by atoms with E-state index in [4.69, 9.17) is 4.74 Å². The molecule has 0 saturated carbocycles. The molecule has 154 valence electrons. The summed E-state index contributed by atoms with van der Waals surface area (Å²) in [5.41, 5.74) is 3.03. The molecule has 7 heteroatoms. The van der Waals surface area contributed by atoms with Crippen molar-refractivity contribution in [2.24, 2.45) is 0 Å². The molecular weight excluding hydrogens is 390 g/mol. The van der Waals surface area contributed by atoms with E-state index in [1.165, 1.54) is 0 Å². The van der Waals surface area contributed by atoms with Crippen LogP contribution >= 0.6 is 0 Å². The van der Waals surface area contributed by atoms with E-state index in [2.05, 4.69) is 20.8 Å². The van der Waals surface area contributed by atoms with Crippen molar-refractivity contribution in [1.82, 2.24) is 20.2 Å². The second kappa shape index (κ2) is 7.68. The highest BCUT2D eigenvalue weighted by molar-refractivity contribution is 5.95. The number of rotatable bonds is 4. The molecule has 0 spiro atoms. The summed E-state index contributed by atoms with van der Waals surface area (Å²) in [6.07, 6.45) is -0.391. The molecule has 5 rings (SSSR count). The number of hydrogen-bond donors (Lipinski definition) is 1. The number of nitrogens with zero attached hydrogens (tertiary/aromatic N) is 4. The molecule has 2 heterocycles. The Kier molecular flexibility index (Phi) is 4.71. The highest BCUT2D eigenvalue weighted by Crippen LogP contribution is 2.38. The SMILES string of the molecule is CC1=C(C(=O)O[C@H](C)c2ccccc2)C(c2cccc3ccccc23)n2nnnc2N1. The molecule has 0 bridgehead atoms. The lowest BCUT2D eigenvalue weighted by Gasteiger charge is -2.29. The molecule has 7 nitrogen and oxygen atoms in total. The van der Waals surface area contributed by atoms with Crippen molar-refractivity contribution < 1.29 is 9.53 Å². The molecule has 1 unspecified atom stereocenters. The third kappa shape index (κ3) is 3.34. The summed E-state index contributed by atoms with van der Waals surface area (Å²) < 4.78 is 7.52. The number of fused-ring (bicyclic) bond motifs is 2. The van der Waals surface area contributed by atoms with Crippen LogP contribution in [0.1, 0.15) is 37.1 Å². The average Bonchev–Trinajstić information content (AvgIpc) is 3.26. The van der Waals surface area contributed by atoms with E-state index in [0.717, 1.165) is 21.9 Å². The van der Waals surface area contributed by atoms with Crippen LogP contribution in [-0.2, 0) is 9.53 Å². The fourth-order valence-electron chi connectivity index (χ4n) is 4.07. The average molecular weight is 411 g/mol. The predicted octanol–water partition coefficient (Wildman–Crippen LogP) is 4.42. The first kappa shape index (κ1) is 19.0. The molecule has 0 radical (unpaired) electrons. The van der Waals surface area contributed by atoms with Gasteiger partial charge in [-0.1, -0.05) is 77.9 Å². The number of hydrogen-bond acceptors (Lipinski definition) is 6. The van der Waals surface area contributed by atoms with Crippen LogP contribution in [-0.4, -0.2) is 26.2 Å². The number of anilines is 1. The molecule has 0 saturated heterocycles. The maximum atomic E-state index is 13.4. The number of carbonyl (C=O) groups is 1. The number of esters is 1. The van der Waals surface area contributed by atoms with Gasteiger partial charge in [0.1, 0.15) is 12.1 Å². The Labute approximate surface area is 179 Å². The summed E-state index contributed by atoms with van der Waals surface area (Å²) in [7, 11) is 0. The highest BCUT2D eigenvalue weighted by atomic mass is 16.5. The number of carbonyl (C=O) groups excluding carboxylic acids is 1. The van der Waals surface area contributed by atoms with Crippen LogP contribution in [0.3, 0.4) is 0 Å². The van der Waals surface area contributed by atoms with Crippen LogP contribution in [0.4, 0.5) is 5.95 Å². The van der Waals surface area contributed by atoms with E-state index >= 15 is 0 Å². The molecule has 0 amide bonds. The van der Waals surface area contributed by atoms with E-state index in [9.17, 15) is 4.79 Å². The van der Waals surface area contributed by atoms with Gasteiger partial charge in [-0.3, -0.25) is 0 Å². The fourth-order valence-corrected chi connectivity index (χ4v) is 4.07. The molecule has 31 heavy (non-hydrogen) atoms. The summed E-state index contributed by atoms with van der Waals surface area (Å²) in [6.45, 7) is 3.72. The van der Waals surface area contributed by atoms with Gasteiger partial charge in [0.25, 0.3) is 0 Å². The third-order valence-corrected chi connectivity index (χ3v) is 5.60. The van der Waals surface area contributed by atoms with Gasteiger partial charge in [-0.15, -0.1) is 0 Å². The van der Waals surface area contributed by atoms with Gasteiger partial charge in [-0.05, 0) is 46.2 Å². The zero-order valence-electron chi connectivity index (χ0n) is 17.2. The zero-order valence-corrected chi connectivity index (χ0v) is 17.2. The molecule has 1 aliphatic rings. The van der Waals surface area contributed by atoms with E-state index in [-0.39, 0.29) is 0 Å². The first-order chi connectivity index (χ1) is 15.1. The minimum atomic E-state index is -0.507. The van der Waals surface area contributed by atoms with Crippen LogP contribution in [0.5, 0.6) is 0 Å². The normalized spacial score (nSPS) is 16.5. The quantitative estimate of drug-likeness (QED) is 0.501.